The van der Waals surface area contributed by atoms with E-state index in [-0.39, 0.29) is 30.0 Å². The monoisotopic (exact) mass is 477 g/mol. The highest BCUT2D eigenvalue weighted by Crippen LogP contribution is 2.33. The molecule has 0 spiro atoms. The van der Waals surface area contributed by atoms with Gasteiger partial charge in [-0.25, -0.2) is 8.91 Å². The van der Waals surface area contributed by atoms with Crippen LogP contribution in [-0.4, -0.2) is 33.0 Å². The van der Waals surface area contributed by atoms with Gasteiger partial charge in [-0.1, -0.05) is 32.0 Å². The highest BCUT2D eigenvalue weighted by atomic mass is 32.1. The number of nitrogens with zero attached hydrogens (tertiary/aromatic N) is 4. The first-order chi connectivity index (χ1) is 16.5. The molecule has 1 unspecified atom stereocenters. The van der Waals surface area contributed by atoms with Gasteiger partial charge in [0.15, 0.2) is 0 Å². The maximum atomic E-state index is 13.3. The van der Waals surface area contributed by atoms with E-state index in [1.165, 1.54) is 23.5 Å². The Labute approximate surface area is 200 Å². The molecule has 5 rings (SSSR count). The van der Waals surface area contributed by atoms with Gasteiger partial charge in [0.25, 0.3) is 0 Å². The Morgan fingerprint density at radius 1 is 1.15 bits per heavy atom. The molecule has 1 saturated heterocycles. The number of aryl methyl sites for hydroxylation is 2. The summed E-state index contributed by atoms with van der Waals surface area (Å²) in [5, 5.41) is 9.10. The van der Waals surface area contributed by atoms with Crippen molar-refractivity contribution in [3.8, 4) is 11.3 Å². The second-order valence-corrected chi connectivity index (χ2v) is 9.12. The van der Waals surface area contributed by atoms with Crippen LogP contribution in [0.25, 0.3) is 16.2 Å². The first kappa shape index (κ1) is 22.2. The summed E-state index contributed by atoms with van der Waals surface area (Å²) < 4.78 is 14.9. The molecule has 1 aliphatic rings. The fourth-order valence-electron chi connectivity index (χ4n) is 4.43. The number of aromatic nitrogens is 3. The fraction of sp³-hybridized carbons (Fsp3) is 0.280. The van der Waals surface area contributed by atoms with E-state index in [0.717, 1.165) is 40.9 Å². The summed E-state index contributed by atoms with van der Waals surface area (Å²) in [6.45, 7) is 4.47. The number of benzene rings is 2. The molecule has 1 atom stereocenters. The minimum absolute atomic E-state index is 0.0480. The first-order valence-electron chi connectivity index (χ1n) is 11.3. The number of carbonyl (C=O) groups is 2. The van der Waals surface area contributed by atoms with E-state index >= 15 is 0 Å². The normalized spacial score (nSPS) is 15.9. The molecule has 0 radical (unpaired) electrons. The van der Waals surface area contributed by atoms with Crippen molar-refractivity contribution in [3.05, 3.63) is 64.8 Å². The third-order valence-electron chi connectivity index (χ3n) is 6.19. The molecule has 2 aromatic carbocycles. The molecule has 0 bridgehead atoms. The maximum absolute atomic E-state index is 13.3. The first-order valence-corrected chi connectivity index (χ1v) is 12.2. The van der Waals surface area contributed by atoms with E-state index in [9.17, 15) is 14.0 Å². The van der Waals surface area contributed by atoms with Crippen molar-refractivity contribution < 1.29 is 14.0 Å². The highest BCUT2D eigenvalue weighted by Gasteiger charge is 2.37. The zero-order valence-electron chi connectivity index (χ0n) is 18.9. The van der Waals surface area contributed by atoms with E-state index in [1.807, 2.05) is 23.6 Å². The Bertz CT molecular complexity index is 1360. The predicted molar refractivity (Wildman–Crippen MR) is 131 cm³/mol. The van der Waals surface area contributed by atoms with Crippen LogP contribution in [0.4, 0.5) is 16.0 Å². The van der Waals surface area contributed by atoms with Crippen molar-refractivity contribution in [1.82, 2.24) is 14.6 Å². The minimum Gasteiger partial charge on any atom is -0.311 e. The van der Waals surface area contributed by atoms with Gasteiger partial charge in [0, 0.05) is 29.6 Å². The maximum Gasteiger partial charge on any atom is 0.250 e. The van der Waals surface area contributed by atoms with Crippen LogP contribution in [0.3, 0.4) is 0 Å². The van der Waals surface area contributed by atoms with Crippen LogP contribution in [-0.2, 0) is 22.4 Å². The van der Waals surface area contributed by atoms with Gasteiger partial charge < -0.3 is 4.90 Å². The quantitative estimate of drug-likeness (QED) is 0.436. The molecule has 0 aliphatic carbocycles. The Balaban J connectivity index is 1.35. The molecule has 1 aliphatic heterocycles. The second-order valence-electron chi connectivity index (χ2n) is 8.28. The molecular formula is C25H24FN5O2S. The fourth-order valence-corrected chi connectivity index (χ4v) is 5.26. The Morgan fingerprint density at radius 3 is 2.53 bits per heavy atom. The van der Waals surface area contributed by atoms with Crippen molar-refractivity contribution in [2.45, 2.75) is 33.1 Å². The number of amides is 2. The Hall–Kier alpha value is -3.59. The molecular weight excluding hydrogens is 453 g/mol. The Morgan fingerprint density at radius 2 is 1.85 bits per heavy atom. The smallest absolute Gasteiger partial charge is 0.250 e. The summed E-state index contributed by atoms with van der Waals surface area (Å²) in [5.41, 5.74) is 4.72. The van der Waals surface area contributed by atoms with Crippen LogP contribution in [0, 0.1) is 11.7 Å². The molecule has 7 nitrogen and oxygen atoms in total. The standard InChI is InChI=1S/C25H24FN5O2S/c1-3-15-6-5-7-16(4-2)22(15)30-13-18(12-21(30)32)23(33)27-24-28-25-31(29-24)20(14-34-25)17-8-10-19(26)11-9-17/h5-11,14,18H,3-4,12-13H2,1-2H3,(H,27,29,33). The van der Waals surface area contributed by atoms with Gasteiger partial charge in [-0.05, 0) is 48.2 Å². The summed E-state index contributed by atoms with van der Waals surface area (Å²) in [6.07, 6.45) is 1.78. The number of halogens is 1. The lowest BCUT2D eigenvalue weighted by molar-refractivity contribution is -0.122. The minimum atomic E-state index is -0.486. The third-order valence-corrected chi connectivity index (χ3v) is 7.00. The van der Waals surface area contributed by atoms with Crippen molar-refractivity contribution in [2.24, 2.45) is 5.92 Å². The molecule has 174 valence electrons. The molecule has 2 aromatic heterocycles. The number of hydrogen-bond acceptors (Lipinski definition) is 5. The second kappa shape index (κ2) is 8.98. The average Bonchev–Trinajstić information content (AvgIpc) is 3.53. The van der Waals surface area contributed by atoms with E-state index in [1.54, 1.807) is 21.5 Å². The van der Waals surface area contributed by atoms with Crippen LogP contribution in [0.15, 0.2) is 47.8 Å². The number of anilines is 2. The summed E-state index contributed by atoms with van der Waals surface area (Å²) in [4.78, 5) is 32.7. The summed E-state index contributed by atoms with van der Waals surface area (Å²) in [7, 11) is 0. The SMILES string of the molecule is CCc1cccc(CC)c1N1CC(C(=O)Nc2nc3scc(-c4ccc(F)cc4)n3n2)CC1=O. The van der Waals surface area contributed by atoms with Gasteiger partial charge in [0.1, 0.15) is 5.82 Å². The zero-order chi connectivity index (χ0) is 23.8. The number of nitrogens with one attached hydrogen (secondary N) is 1. The number of thiazole rings is 1. The number of hydrogen-bond donors (Lipinski definition) is 1. The molecule has 1 N–H and O–H groups in total. The number of para-hydroxylation sites is 1. The lowest BCUT2D eigenvalue weighted by Crippen LogP contribution is -2.29. The molecule has 2 amide bonds. The van der Waals surface area contributed by atoms with Gasteiger partial charge in [0.2, 0.25) is 22.7 Å². The topological polar surface area (TPSA) is 79.6 Å². The van der Waals surface area contributed by atoms with E-state index in [0.29, 0.717) is 11.5 Å². The number of rotatable bonds is 6. The van der Waals surface area contributed by atoms with Crippen LogP contribution >= 0.6 is 11.3 Å². The van der Waals surface area contributed by atoms with E-state index in [2.05, 4.69) is 29.2 Å². The predicted octanol–water partition coefficient (Wildman–Crippen LogP) is 4.71. The van der Waals surface area contributed by atoms with E-state index in [4.69, 9.17) is 0 Å². The molecule has 34 heavy (non-hydrogen) atoms. The van der Waals surface area contributed by atoms with Crippen molar-refractivity contribution in [2.75, 3.05) is 16.8 Å². The van der Waals surface area contributed by atoms with Crippen LogP contribution < -0.4 is 10.2 Å². The van der Waals surface area contributed by atoms with E-state index < -0.39 is 5.92 Å². The highest BCUT2D eigenvalue weighted by molar-refractivity contribution is 7.15. The van der Waals surface area contributed by atoms with Crippen LogP contribution in [0.1, 0.15) is 31.4 Å². The van der Waals surface area contributed by atoms with Crippen molar-refractivity contribution in [1.29, 1.82) is 0 Å². The van der Waals surface area contributed by atoms with Gasteiger partial charge in [-0.2, -0.15) is 4.98 Å². The summed E-state index contributed by atoms with van der Waals surface area (Å²) in [6, 6.07) is 12.2. The molecule has 1 fully saturated rings. The molecule has 4 aromatic rings. The molecule has 0 saturated carbocycles. The lowest BCUT2D eigenvalue weighted by Gasteiger charge is -2.23. The summed E-state index contributed by atoms with van der Waals surface area (Å²) >= 11 is 1.38. The number of carbonyl (C=O) groups excluding carboxylic acids is 2. The molecule has 3 heterocycles. The van der Waals surface area contributed by atoms with Crippen LogP contribution in [0.5, 0.6) is 0 Å². The van der Waals surface area contributed by atoms with Gasteiger partial charge in [-0.15, -0.1) is 16.4 Å². The molecule has 9 heteroatoms. The zero-order valence-corrected chi connectivity index (χ0v) is 19.7. The van der Waals surface area contributed by atoms with Crippen molar-refractivity contribution in [3.63, 3.8) is 0 Å². The van der Waals surface area contributed by atoms with Gasteiger partial charge in [-0.3, -0.25) is 14.9 Å². The Kier molecular flexibility index (Phi) is 5.87. The van der Waals surface area contributed by atoms with Gasteiger partial charge in [0.05, 0.1) is 11.6 Å². The largest absolute Gasteiger partial charge is 0.311 e. The number of fused-ring (bicyclic) bond motifs is 1. The summed E-state index contributed by atoms with van der Waals surface area (Å²) in [5.74, 6) is -0.929. The van der Waals surface area contributed by atoms with Crippen LogP contribution in [0.2, 0.25) is 0 Å². The average molecular weight is 478 g/mol. The van der Waals surface area contributed by atoms with Crippen molar-refractivity contribution >= 4 is 39.7 Å². The lowest BCUT2D eigenvalue weighted by atomic mass is 10.0. The van der Waals surface area contributed by atoms with Gasteiger partial charge >= 0.3 is 0 Å². The third kappa shape index (κ3) is 3.96.